The Morgan fingerprint density at radius 1 is 1.21 bits per heavy atom. The van der Waals surface area contributed by atoms with Crippen molar-refractivity contribution >= 4 is 5.97 Å². The number of esters is 1. The maximum Gasteiger partial charge on any atom is 0.310 e. The minimum absolute atomic E-state index is 0.123. The van der Waals surface area contributed by atoms with E-state index >= 15 is 0 Å². The zero-order valence-electron chi connectivity index (χ0n) is 12.3. The molecular weight excluding hydrogens is 238 g/mol. The van der Waals surface area contributed by atoms with Crippen LogP contribution in [0, 0.1) is 5.92 Å². The molecule has 0 aliphatic heterocycles. The van der Waals surface area contributed by atoms with Crippen molar-refractivity contribution in [2.75, 3.05) is 6.61 Å². The number of carbonyl (C=O) groups is 1. The van der Waals surface area contributed by atoms with E-state index in [0.717, 1.165) is 6.42 Å². The van der Waals surface area contributed by atoms with Crippen LogP contribution in [0.15, 0.2) is 30.3 Å². The molecule has 1 rings (SSSR count). The highest BCUT2D eigenvalue weighted by Gasteiger charge is 2.25. The molecule has 19 heavy (non-hydrogen) atoms. The summed E-state index contributed by atoms with van der Waals surface area (Å²) in [7, 11) is 0. The summed E-state index contributed by atoms with van der Waals surface area (Å²) < 4.78 is 5.09. The highest BCUT2D eigenvalue weighted by atomic mass is 16.5. The number of rotatable bonds is 7. The third-order valence-corrected chi connectivity index (χ3v) is 3.47. The normalized spacial score (nSPS) is 15.6. The first-order chi connectivity index (χ1) is 9.10. The van der Waals surface area contributed by atoms with Crippen LogP contribution in [-0.2, 0) is 9.53 Å². The second kappa shape index (κ2) is 7.95. The van der Waals surface area contributed by atoms with Crippen LogP contribution in [0.1, 0.15) is 45.7 Å². The average molecular weight is 263 g/mol. The summed E-state index contributed by atoms with van der Waals surface area (Å²) in [5, 5.41) is 3.52. The molecule has 106 valence electrons. The van der Waals surface area contributed by atoms with Gasteiger partial charge >= 0.3 is 5.97 Å². The van der Waals surface area contributed by atoms with Crippen LogP contribution >= 0.6 is 0 Å². The van der Waals surface area contributed by atoms with Gasteiger partial charge in [0, 0.05) is 12.1 Å². The van der Waals surface area contributed by atoms with E-state index in [1.807, 2.05) is 32.0 Å². The maximum absolute atomic E-state index is 11.8. The first-order valence-corrected chi connectivity index (χ1v) is 7.07. The zero-order chi connectivity index (χ0) is 14.3. The van der Waals surface area contributed by atoms with Gasteiger partial charge in [0.15, 0.2) is 0 Å². The fraction of sp³-hybridized carbons (Fsp3) is 0.562. The van der Waals surface area contributed by atoms with Gasteiger partial charge in [-0.15, -0.1) is 0 Å². The molecule has 3 atom stereocenters. The van der Waals surface area contributed by atoms with Crippen LogP contribution in [0.25, 0.3) is 0 Å². The lowest BCUT2D eigenvalue weighted by Gasteiger charge is -2.26. The van der Waals surface area contributed by atoms with Gasteiger partial charge in [-0.1, -0.05) is 44.2 Å². The molecule has 0 aliphatic rings. The lowest BCUT2D eigenvalue weighted by atomic mass is 9.97. The van der Waals surface area contributed by atoms with Crippen molar-refractivity contribution in [1.82, 2.24) is 5.32 Å². The van der Waals surface area contributed by atoms with Crippen molar-refractivity contribution < 1.29 is 9.53 Å². The second-order valence-electron chi connectivity index (χ2n) is 4.85. The third kappa shape index (κ3) is 4.67. The third-order valence-electron chi connectivity index (χ3n) is 3.47. The summed E-state index contributed by atoms with van der Waals surface area (Å²) in [6.07, 6.45) is 0.900. The molecule has 3 nitrogen and oxygen atoms in total. The zero-order valence-corrected chi connectivity index (χ0v) is 12.3. The molecule has 0 amide bonds. The van der Waals surface area contributed by atoms with Crippen LogP contribution in [0.2, 0.25) is 0 Å². The Balaban J connectivity index is 2.64. The molecule has 1 aromatic rings. The molecule has 0 saturated carbocycles. The SMILES string of the molecule is CCOC(=O)[C@H](C)[C@@H](CC)N[C@H](C)c1ccccc1. The molecule has 0 fully saturated rings. The Morgan fingerprint density at radius 2 is 1.84 bits per heavy atom. The van der Waals surface area contributed by atoms with Gasteiger partial charge in [0.25, 0.3) is 0 Å². The fourth-order valence-electron chi connectivity index (χ4n) is 2.21. The molecule has 0 saturated heterocycles. The predicted octanol–water partition coefficient (Wildman–Crippen LogP) is 3.32. The van der Waals surface area contributed by atoms with Crippen molar-refractivity contribution in [2.45, 2.75) is 46.2 Å². The molecule has 3 heteroatoms. The number of carbonyl (C=O) groups excluding carboxylic acids is 1. The van der Waals surface area contributed by atoms with E-state index in [1.54, 1.807) is 0 Å². The molecule has 0 unspecified atom stereocenters. The summed E-state index contributed by atoms with van der Waals surface area (Å²) in [5.74, 6) is -0.252. The lowest BCUT2D eigenvalue weighted by Crippen LogP contribution is -2.40. The summed E-state index contributed by atoms with van der Waals surface area (Å²) in [6.45, 7) is 8.41. The van der Waals surface area contributed by atoms with Gasteiger partial charge in [-0.25, -0.2) is 0 Å². The summed E-state index contributed by atoms with van der Waals surface area (Å²) in [5.41, 5.74) is 1.23. The molecule has 0 aromatic heterocycles. The molecule has 1 aromatic carbocycles. The smallest absolute Gasteiger partial charge is 0.310 e. The van der Waals surface area contributed by atoms with Gasteiger partial charge in [0.05, 0.1) is 12.5 Å². The average Bonchev–Trinajstić information content (AvgIpc) is 2.45. The van der Waals surface area contributed by atoms with Crippen molar-refractivity contribution in [3.8, 4) is 0 Å². The Labute approximate surface area is 116 Å². The minimum Gasteiger partial charge on any atom is -0.466 e. The van der Waals surface area contributed by atoms with Crippen molar-refractivity contribution in [1.29, 1.82) is 0 Å². The highest BCUT2D eigenvalue weighted by Crippen LogP contribution is 2.17. The van der Waals surface area contributed by atoms with Crippen LogP contribution in [0.4, 0.5) is 0 Å². The van der Waals surface area contributed by atoms with Crippen LogP contribution in [0.3, 0.4) is 0 Å². The van der Waals surface area contributed by atoms with Gasteiger partial charge in [-0.2, -0.15) is 0 Å². The Bertz CT molecular complexity index is 378. The molecule has 0 aliphatic carbocycles. The Kier molecular flexibility index (Phi) is 6.57. The first-order valence-electron chi connectivity index (χ1n) is 7.07. The molecule has 0 bridgehead atoms. The van der Waals surface area contributed by atoms with Crippen LogP contribution in [0.5, 0.6) is 0 Å². The van der Waals surface area contributed by atoms with Crippen LogP contribution in [-0.4, -0.2) is 18.6 Å². The maximum atomic E-state index is 11.8. The van der Waals surface area contributed by atoms with E-state index in [2.05, 4.69) is 31.3 Å². The summed E-state index contributed by atoms with van der Waals surface area (Å²) in [6, 6.07) is 10.6. The largest absolute Gasteiger partial charge is 0.466 e. The molecule has 1 N–H and O–H groups in total. The topological polar surface area (TPSA) is 38.3 Å². The van der Waals surface area contributed by atoms with E-state index in [0.29, 0.717) is 6.61 Å². The lowest BCUT2D eigenvalue weighted by molar-refractivity contribution is -0.148. The van der Waals surface area contributed by atoms with Gasteiger partial charge in [0.2, 0.25) is 0 Å². The van der Waals surface area contributed by atoms with E-state index in [9.17, 15) is 4.79 Å². The second-order valence-corrected chi connectivity index (χ2v) is 4.85. The van der Waals surface area contributed by atoms with Crippen molar-refractivity contribution in [3.63, 3.8) is 0 Å². The number of hydrogen-bond acceptors (Lipinski definition) is 3. The van der Waals surface area contributed by atoms with E-state index in [-0.39, 0.29) is 24.0 Å². The molecule has 0 heterocycles. The van der Waals surface area contributed by atoms with E-state index in [4.69, 9.17) is 4.74 Å². The molecule has 0 radical (unpaired) electrons. The first kappa shape index (κ1) is 15.7. The standard InChI is InChI=1S/C16H25NO2/c1-5-15(12(3)16(18)19-6-2)17-13(4)14-10-8-7-9-11-14/h7-13,15,17H,5-6H2,1-4H3/t12-,13-,15-/m1/s1. The van der Waals surface area contributed by atoms with Crippen molar-refractivity contribution in [3.05, 3.63) is 35.9 Å². The van der Waals surface area contributed by atoms with Gasteiger partial charge in [0.1, 0.15) is 0 Å². The predicted molar refractivity (Wildman–Crippen MR) is 77.9 cm³/mol. The highest BCUT2D eigenvalue weighted by molar-refractivity contribution is 5.72. The van der Waals surface area contributed by atoms with E-state index in [1.165, 1.54) is 5.56 Å². The fourth-order valence-corrected chi connectivity index (χ4v) is 2.21. The quantitative estimate of drug-likeness (QED) is 0.767. The molecule has 0 spiro atoms. The van der Waals surface area contributed by atoms with E-state index < -0.39 is 0 Å². The summed E-state index contributed by atoms with van der Waals surface area (Å²) >= 11 is 0. The minimum atomic E-state index is -0.129. The monoisotopic (exact) mass is 263 g/mol. The van der Waals surface area contributed by atoms with Crippen LogP contribution < -0.4 is 5.32 Å². The Hall–Kier alpha value is -1.35. The van der Waals surface area contributed by atoms with Gasteiger partial charge in [-0.05, 0) is 25.8 Å². The van der Waals surface area contributed by atoms with Gasteiger partial charge < -0.3 is 10.1 Å². The summed E-state index contributed by atoms with van der Waals surface area (Å²) in [4.78, 5) is 11.8. The number of ether oxygens (including phenoxy) is 1. The number of benzene rings is 1. The number of hydrogen-bond donors (Lipinski definition) is 1. The Morgan fingerprint density at radius 3 is 2.37 bits per heavy atom. The van der Waals surface area contributed by atoms with Gasteiger partial charge in [-0.3, -0.25) is 4.79 Å². The molecular formula is C16H25NO2. The number of nitrogens with one attached hydrogen (secondary N) is 1. The van der Waals surface area contributed by atoms with Crippen molar-refractivity contribution in [2.24, 2.45) is 5.92 Å².